The molecule has 2 atom stereocenters. The molecule has 1 aliphatic carbocycles. The lowest BCUT2D eigenvalue weighted by molar-refractivity contribution is -0.144. The lowest BCUT2D eigenvalue weighted by atomic mass is 9.86. The molecular weight excluding hydrogens is 322 g/mol. The molecule has 1 aromatic rings. The topological polar surface area (TPSA) is 84.9 Å². The molecule has 0 aliphatic heterocycles. The number of ether oxygens (including phenoxy) is 2. The van der Waals surface area contributed by atoms with E-state index in [9.17, 15) is 14.7 Å². The molecule has 25 heavy (non-hydrogen) atoms. The number of methoxy groups -OCH3 is 1. The van der Waals surface area contributed by atoms with Gasteiger partial charge in [-0.05, 0) is 42.5 Å². The van der Waals surface area contributed by atoms with E-state index in [-0.39, 0.29) is 24.3 Å². The van der Waals surface area contributed by atoms with Gasteiger partial charge in [0.05, 0.1) is 7.11 Å². The van der Waals surface area contributed by atoms with Crippen LogP contribution < -0.4 is 10.1 Å². The lowest BCUT2D eigenvalue weighted by Gasteiger charge is -2.29. The number of benzene rings is 1. The minimum atomic E-state index is -0.598. The fraction of sp³-hybridized carbons (Fsp3) is 0.474. The summed E-state index contributed by atoms with van der Waals surface area (Å²) in [4.78, 5) is 23.6. The summed E-state index contributed by atoms with van der Waals surface area (Å²) in [5.74, 6) is -0.0733. The quantitative estimate of drug-likeness (QED) is 0.610. The Bertz CT molecular complexity index is 641. The third-order valence-corrected chi connectivity index (χ3v) is 4.42. The van der Waals surface area contributed by atoms with Crippen molar-refractivity contribution in [2.24, 2.45) is 5.92 Å². The number of aromatic hydroxyl groups is 1. The average Bonchev–Trinajstić information content (AvgIpc) is 2.61. The van der Waals surface area contributed by atoms with Crippen molar-refractivity contribution in [3.8, 4) is 11.5 Å². The molecule has 1 fully saturated rings. The number of hydrogen-bond donors (Lipinski definition) is 2. The number of hydrogen-bond acceptors (Lipinski definition) is 5. The molecule has 0 aromatic heterocycles. The molecule has 136 valence electrons. The molecule has 1 aliphatic rings. The molecule has 0 radical (unpaired) electrons. The van der Waals surface area contributed by atoms with Crippen LogP contribution >= 0.6 is 0 Å². The van der Waals surface area contributed by atoms with Crippen LogP contribution in [0.25, 0.3) is 6.08 Å². The van der Waals surface area contributed by atoms with E-state index < -0.39 is 5.97 Å². The van der Waals surface area contributed by atoms with Crippen molar-refractivity contribution in [1.82, 2.24) is 5.32 Å². The molecule has 2 N–H and O–H groups in total. The summed E-state index contributed by atoms with van der Waals surface area (Å²) < 4.78 is 9.96. The van der Waals surface area contributed by atoms with Crippen LogP contribution in [0.15, 0.2) is 24.3 Å². The molecular formula is C19H25NO5. The van der Waals surface area contributed by atoms with Gasteiger partial charge in [-0.1, -0.05) is 25.8 Å². The second-order valence-electron chi connectivity index (χ2n) is 6.31. The van der Waals surface area contributed by atoms with E-state index in [1.165, 1.54) is 31.7 Å². The van der Waals surface area contributed by atoms with Gasteiger partial charge >= 0.3 is 5.97 Å². The Morgan fingerprint density at radius 1 is 1.32 bits per heavy atom. The number of amides is 1. The van der Waals surface area contributed by atoms with Gasteiger partial charge in [0.15, 0.2) is 18.1 Å². The Balaban J connectivity index is 1.78. The normalized spacial score (nSPS) is 20.2. The number of phenols is 1. The SMILES string of the molecule is COc1cc(/C=C/C(=O)OCC(=O)N[C@@H]2CCCC[C@@H]2C)ccc1O. The highest BCUT2D eigenvalue weighted by Crippen LogP contribution is 2.26. The van der Waals surface area contributed by atoms with Crippen LogP contribution in [0.1, 0.15) is 38.2 Å². The van der Waals surface area contributed by atoms with Gasteiger partial charge in [-0.3, -0.25) is 4.79 Å². The summed E-state index contributed by atoms with van der Waals surface area (Å²) >= 11 is 0. The van der Waals surface area contributed by atoms with Crippen molar-refractivity contribution >= 4 is 18.0 Å². The highest BCUT2D eigenvalue weighted by atomic mass is 16.5. The van der Waals surface area contributed by atoms with Gasteiger partial charge in [-0.15, -0.1) is 0 Å². The molecule has 0 saturated heterocycles. The Morgan fingerprint density at radius 3 is 2.80 bits per heavy atom. The summed E-state index contributed by atoms with van der Waals surface area (Å²) in [6.07, 6.45) is 7.18. The van der Waals surface area contributed by atoms with Gasteiger partial charge in [-0.25, -0.2) is 4.79 Å². The Labute approximate surface area is 147 Å². The van der Waals surface area contributed by atoms with Crippen molar-refractivity contribution in [3.63, 3.8) is 0 Å². The fourth-order valence-corrected chi connectivity index (χ4v) is 2.93. The van der Waals surface area contributed by atoms with E-state index >= 15 is 0 Å². The third kappa shape index (κ3) is 5.81. The van der Waals surface area contributed by atoms with Crippen molar-refractivity contribution in [1.29, 1.82) is 0 Å². The van der Waals surface area contributed by atoms with Crippen LogP contribution in [0, 0.1) is 5.92 Å². The van der Waals surface area contributed by atoms with Gasteiger partial charge in [0, 0.05) is 12.1 Å². The first-order chi connectivity index (χ1) is 12.0. The minimum Gasteiger partial charge on any atom is -0.504 e. The number of carbonyl (C=O) groups excluding carboxylic acids is 2. The van der Waals surface area contributed by atoms with E-state index in [0.29, 0.717) is 17.2 Å². The molecule has 6 heteroatoms. The van der Waals surface area contributed by atoms with Crippen molar-refractivity contribution in [2.75, 3.05) is 13.7 Å². The van der Waals surface area contributed by atoms with E-state index in [2.05, 4.69) is 12.2 Å². The smallest absolute Gasteiger partial charge is 0.331 e. The first-order valence-electron chi connectivity index (χ1n) is 8.51. The zero-order valence-electron chi connectivity index (χ0n) is 14.7. The van der Waals surface area contributed by atoms with Crippen LogP contribution in [-0.2, 0) is 14.3 Å². The molecule has 2 rings (SSSR count). The van der Waals surface area contributed by atoms with Gasteiger partial charge in [0.1, 0.15) is 0 Å². The summed E-state index contributed by atoms with van der Waals surface area (Å²) in [5, 5.41) is 12.5. The van der Waals surface area contributed by atoms with Crippen molar-refractivity contribution in [2.45, 2.75) is 38.6 Å². The van der Waals surface area contributed by atoms with Gasteiger partial charge in [0.2, 0.25) is 0 Å². The summed E-state index contributed by atoms with van der Waals surface area (Å²) in [6, 6.07) is 4.87. The molecule has 1 aromatic carbocycles. The number of rotatable bonds is 6. The van der Waals surface area contributed by atoms with Gasteiger partial charge in [-0.2, -0.15) is 0 Å². The average molecular weight is 347 g/mol. The second kappa shape index (κ2) is 9.11. The molecule has 1 amide bonds. The second-order valence-corrected chi connectivity index (χ2v) is 6.31. The summed E-state index contributed by atoms with van der Waals surface area (Å²) in [5.41, 5.74) is 0.673. The van der Waals surface area contributed by atoms with E-state index in [0.717, 1.165) is 19.3 Å². The lowest BCUT2D eigenvalue weighted by Crippen LogP contribution is -2.42. The number of carbonyl (C=O) groups is 2. The first kappa shape index (κ1) is 18.8. The maximum Gasteiger partial charge on any atom is 0.331 e. The standard InChI is InChI=1S/C19H25NO5/c1-13-5-3-4-6-15(13)20-18(22)12-25-19(23)10-8-14-7-9-16(21)17(11-14)24-2/h7-11,13,15,21H,3-6,12H2,1-2H3,(H,20,22)/b10-8+/t13-,15+/m0/s1. The monoisotopic (exact) mass is 347 g/mol. The first-order valence-corrected chi connectivity index (χ1v) is 8.51. The highest BCUT2D eigenvalue weighted by Gasteiger charge is 2.22. The Hall–Kier alpha value is -2.50. The van der Waals surface area contributed by atoms with E-state index in [1.54, 1.807) is 12.1 Å². The Morgan fingerprint density at radius 2 is 2.08 bits per heavy atom. The predicted octanol–water partition coefficient (Wildman–Crippen LogP) is 2.65. The summed E-state index contributed by atoms with van der Waals surface area (Å²) in [6.45, 7) is 1.84. The maximum absolute atomic E-state index is 11.9. The van der Waals surface area contributed by atoms with Crippen molar-refractivity contribution in [3.05, 3.63) is 29.8 Å². The number of nitrogens with one attached hydrogen (secondary N) is 1. The fourth-order valence-electron chi connectivity index (χ4n) is 2.93. The van der Waals surface area contributed by atoms with Gasteiger partial charge < -0.3 is 19.9 Å². The van der Waals surface area contributed by atoms with Crippen LogP contribution in [0.4, 0.5) is 0 Å². The molecule has 0 bridgehead atoms. The summed E-state index contributed by atoms with van der Waals surface area (Å²) in [7, 11) is 1.45. The predicted molar refractivity (Wildman–Crippen MR) is 94.2 cm³/mol. The maximum atomic E-state index is 11.9. The number of phenolic OH excluding ortho intramolecular Hbond substituents is 1. The zero-order chi connectivity index (χ0) is 18.2. The van der Waals surface area contributed by atoms with Crippen LogP contribution in [0.2, 0.25) is 0 Å². The van der Waals surface area contributed by atoms with E-state index in [1.807, 2.05) is 0 Å². The van der Waals surface area contributed by atoms with Crippen LogP contribution in [0.5, 0.6) is 11.5 Å². The molecule has 0 unspecified atom stereocenters. The minimum absolute atomic E-state index is 0.0239. The highest BCUT2D eigenvalue weighted by molar-refractivity contribution is 5.89. The molecule has 1 saturated carbocycles. The third-order valence-electron chi connectivity index (χ3n) is 4.42. The largest absolute Gasteiger partial charge is 0.504 e. The van der Waals surface area contributed by atoms with E-state index in [4.69, 9.17) is 9.47 Å². The molecule has 0 spiro atoms. The van der Waals surface area contributed by atoms with Gasteiger partial charge in [0.25, 0.3) is 5.91 Å². The molecule has 6 nitrogen and oxygen atoms in total. The number of esters is 1. The molecule has 0 heterocycles. The zero-order valence-corrected chi connectivity index (χ0v) is 14.7. The van der Waals surface area contributed by atoms with Crippen molar-refractivity contribution < 1.29 is 24.2 Å². The van der Waals surface area contributed by atoms with Crippen LogP contribution in [-0.4, -0.2) is 36.7 Å². The van der Waals surface area contributed by atoms with Crippen LogP contribution in [0.3, 0.4) is 0 Å². The Kier molecular flexibility index (Phi) is 6.86.